The lowest BCUT2D eigenvalue weighted by Gasteiger charge is -2.59. The van der Waals surface area contributed by atoms with Gasteiger partial charge in [-0.15, -0.1) is 0 Å². The van der Waals surface area contributed by atoms with Crippen LogP contribution in [0.2, 0.25) is 0 Å². The van der Waals surface area contributed by atoms with Crippen molar-refractivity contribution in [2.45, 2.75) is 196 Å². The number of hydrogen-bond donors (Lipinski definition) is 9. The molecule has 1 spiro atoms. The van der Waals surface area contributed by atoms with Gasteiger partial charge >= 0.3 is 0 Å². The normalized spacial score (nSPS) is 58.4. The molecule has 348 valence electrons. The zero-order valence-electron chi connectivity index (χ0n) is 36.2. The van der Waals surface area contributed by atoms with Crippen molar-refractivity contribution < 1.29 is 79.1 Å². The quantitative estimate of drug-likeness (QED) is 0.158. The van der Waals surface area contributed by atoms with Crippen LogP contribution < -0.4 is 0 Å². The highest BCUT2D eigenvalue weighted by Gasteiger charge is 2.69. The summed E-state index contributed by atoms with van der Waals surface area (Å²) in [5, 5.41) is 96.5. The van der Waals surface area contributed by atoms with Crippen molar-refractivity contribution in [3.63, 3.8) is 0 Å². The third-order valence-electron chi connectivity index (χ3n) is 18.0. The van der Waals surface area contributed by atoms with Gasteiger partial charge in [0.15, 0.2) is 18.4 Å². The summed E-state index contributed by atoms with van der Waals surface area (Å²) >= 11 is 0. The maximum atomic E-state index is 11.7. The second-order valence-electron chi connectivity index (χ2n) is 21.2. The van der Waals surface area contributed by atoms with Crippen molar-refractivity contribution in [1.29, 1.82) is 0 Å². The Balaban J connectivity index is 0.978. The molecule has 3 saturated carbocycles. The lowest BCUT2D eigenvalue weighted by molar-refractivity contribution is -0.372. The first-order valence-electron chi connectivity index (χ1n) is 23.2. The molecule has 5 saturated heterocycles. The number of aliphatic hydroxyl groups excluding tert-OH is 9. The molecular formula is C45H72O16. The Kier molecular flexibility index (Phi) is 12.4. The summed E-state index contributed by atoms with van der Waals surface area (Å²) in [5.74, 6) is 2.22. The number of hydrogen-bond acceptors (Lipinski definition) is 16. The number of fused-ring (bicyclic) bond motifs is 7. The van der Waals surface area contributed by atoms with Crippen LogP contribution in [0.1, 0.15) is 92.4 Å². The summed E-state index contributed by atoms with van der Waals surface area (Å²) in [7, 11) is 0. The minimum atomic E-state index is -1.80. The van der Waals surface area contributed by atoms with E-state index < -0.39 is 111 Å². The first-order valence-corrected chi connectivity index (χ1v) is 23.2. The van der Waals surface area contributed by atoms with E-state index in [-0.39, 0.29) is 22.9 Å². The summed E-state index contributed by atoms with van der Waals surface area (Å²) in [6.07, 6.45) is -10.5. The van der Waals surface area contributed by atoms with Crippen LogP contribution in [0, 0.1) is 52.3 Å². The first kappa shape index (κ1) is 45.3. The van der Waals surface area contributed by atoms with E-state index in [2.05, 4.69) is 33.8 Å². The zero-order chi connectivity index (χ0) is 43.5. The lowest BCUT2D eigenvalue weighted by atomic mass is 9.46. The maximum absolute atomic E-state index is 11.7. The van der Waals surface area contributed by atoms with E-state index in [0.717, 1.165) is 51.6 Å². The molecule has 4 aliphatic carbocycles. The highest BCUT2D eigenvalue weighted by atomic mass is 16.7. The van der Waals surface area contributed by atoms with E-state index in [1.54, 1.807) is 0 Å². The topological polar surface area (TPSA) is 247 Å². The van der Waals surface area contributed by atoms with Crippen LogP contribution in [0.3, 0.4) is 0 Å². The van der Waals surface area contributed by atoms with Crippen molar-refractivity contribution in [2.75, 3.05) is 19.8 Å². The highest BCUT2D eigenvalue weighted by molar-refractivity contribution is 5.27. The fourth-order valence-electron chi connectivity index (χ4n) is 14.4. The maximum Gasteiger partial charge on any atom is 0.187 e. The van der Waals surface area contributed by atoms with Crippen LogP contribution in [-0.4, -0.2) is 170 Å². The average molecular weight is 869 g/mol. The van der Waals surface area contributed by atoms with E-state index in [9.17, 15) is 46.0 Å². The van der Waals surface area contributed by atoms with Crippen molar-refractivity contribution in [3.05, 3.63) is 11.6 Å². The molecule has 0 radical (unpaired) electrons. The van der Waals surface area contributed by atoms with Gasteiger partial charge in [0.1, 0.15) is 67.1 Å². The van der Waals surface area contributed by atoms with E-state index in [4.69, 9.17) is 33.2 Å². The Morgan fingerprint density at radius 1 is 0.705 bits per heavy atom. The van der Waals surface area contributed by atoms with Gasteiger partial charge in [-0.2, -0.15) is 0 Å². The second-order valence-corrected chi connectivity index (χ2v) is 21.2. The van der Waals surface area contributed by atoms with Gasteiger partial charge in [-0.25, -0.2) is 0 Å². The minimum Gasteiger partial charge on any atom is -0.394 e. The molecule has 61 heavy (non-hydrogen) atoms. The van der Waals surface area contributed by atoms with Crippen molar-refractivity contribution >= 4 is 0 Å². The molecule has 26 atom stereocenters. The largest absolute Gasteiger partial charge is 0.394 e. The van der Waals surface area contributed by atoms with Gasteiger partial charge in [0.25, 0.3) is 0 Å². The van der Waals surface area contributed by atoms with Crippen molar-refractivity contribution in [2.24, 2.45) is 52.3 Å². The summed E-state index contributed by atoms with van der Waals surface area (Å²) in [6, 6.07) is 0. The molecule has 0 amide bonds. The standard InChI is InChI=1S/C45H72O16/c1-19-8-13-45(55-18-19)20(2)30-27(61-45)15-26-24-7-6-23-14-22(9-11-43(23,4)25(24)10-12-44(26,30)5)38-40(60-41-36(53)34(51)31(48)21(3)56-41)39(33(50)29(17-47)57-38)59-42-37(54)35(52)32(49)28(16-46)58-42/h6,19-22,24-42,46-54H,7-18H2,1-5H3/t19-,20+,21+,22+,24-,25+,26+,27+,28-,29-,30+,31+,32-,33+,34-,35+,36-,37-,38+,39+,40+,41+,42+,43+,44+,45-/m1/s1. The summed E-state index contributed by atoms with van der Waals surface area (Å²) in [5.41, 5.74) is 1.44. The van der Waals surface area contributed by atoms with Gasteiger partial charge in [-0.1, -0.05) is 39.3 Å². The number of aliphatic hydroxyl groups is 9. The van der Waals surface area contributed by atoms with E-state index >= 15 is 0 Å². The van der Waals surface area contributed by atoms with Gasteiger partial charge in [0.05, 0.1) is 38.1 Å². The zero-order valence-corrected chi connectivity index (χ0v) is 36.2. The van der Waals surface area contributed by atoms with Crippen LogP contribution in [-0.2, 0) is 33.2 Å². The molecule has 9 N–H and O–H groups in total. The van der Waals surface area contributed by atoms with E-state index in [1.165, 1.54) is 12.5 Å². The Morgan fingerprint density at radius 3 is 2.07 bits per heavy atom. The lowest BCUT2D eigenvalue weighted by Crippen LogP contribution is -2.67. The van der Waals surface area contributed by atoms with Crippen molar-refractivity contribution in [1.82, 2.24) is 0 Å². The van der Waals surface area contributed by atoms with E-state index in [0.29, 0.717) is 48.3 Å². The molecule has 8 fully saturated rings. The van der Waals surface area contributed by atoms with Gasteiger partial charge in [0, 0.05) is 12.3 Å². The Morgan fingerprint density at radius 2 is 1.38 bits per heavy atom. The van der Waals surface area contributed by atoms with Crippen LogP contribution in [0.15, 0.2) is 11.6 Å². The van der Waals surface area contributed by atoms with E-state index in [1.807, 2.05) is 0 Å². The Labute approximate surface area is 358 Å². The molecule has 0 aromatic carbocycles. The third kappa shape index (κ3) is 7.24. The molecule has 0 aromatic heterocycles. The molecule has 0 aromatic rings. The predicted octanol–water partition coefficient (Wildman–Crippen LogP) is 0.488. The summed E-state index contributed by atoms with van der Waals surface area (Å²) in [6.45, 7) is 10.6. The Bertz CT molecular complexity index is 1590. The highest BCUT2D eigenvalue weighted by Crippen LogP contribution is 2.71. The van der Waals surface area contributed by atoms with Gasteiger partial charge in [-0.3, -0.25) is 0 Å². The number of allylic oxidation sites excluding steroid dienone is 2. The second kappa shape index (κ2) is 16.8. The molecule has 5 heterocycles. The number of ether oxygens (including phenoxy) is 7. The molecule has 0 bridgehead atoms. The van der Waals surface area contributed by atoms with Gasteiger partial charge in [-0.05, 0) is 105 Å². The van der Waals surface area contributed by atoms with Crippen LogP contribution in [0.5, 0.6) is 0 Å². The molecule has 16 heteroatoms. The summed E-state index contributed by atoms with van der Waals surface area (Å²) in [4.78, 5) is 0. The van der Waals surface area contributed by atoms with Crippen LogP contribution in [0.25, 0.3) is 0 Å². The molecule has 9 aliphatic rings. The monoisotopic (exact) mass is 868 g/mol. The molecular weight excluding hydrogens is 796 g/mol. The van der Waals surface area contributed by atoms with Crippen LogP contribution in [0.4, 0.5) is 0 Å². The SMILES string of the molecule is C[C@@H]1CC[C@@]2(OC1)O[C@H]1C[C@H]3[C@@H]4CC=C5C[C@@H]([C@@H]6O[C@H](CO)[C@H](O)[C@H](O[C@@H]7O[C@H](CO)[C@@H](O)[C@H](O)[C@H]7O)[C@H]6O[C@@H]6O[C@@H](C)[C@H](O)[C@@H](O)[C@H]6O)CC[C@]5(C)[C@H]4CC[C@]3(C)[C@H]1[C@@H]2C. The molecule has 0 unspecified atom stereocenters. The summed E-state index contributed by atoms with van der Waals surface area (Å²) < 4.78 is 44.4. The minimum absolute atomic E-state index is 0.0692. The fraction of sp³-hybridized carbons (Fsp3) is 0.956. The van der Waals surface area contributed by atoms with Gasteiger partial charge in [0.2, 0.25) is 0 Å². The molecule has 16 nitrogen and oxygen atoms in total. The third-order valence-corrected chi connectivity index (χ3v) is 18.0. The number of rotatable bonds is 7. The molecule has 9 rings (SSSR count). The first-order chi connectivity index (χ1) is 29.0. The smallest absolute Gasteiger partial charge is 0.187 e. The predicted molar refractivity (Wildman–Crippen MR) is 213 cm³/mol. The van der Waals surface area contributed by atoms with Crippen LogP contribution >= 0.6 is 0 Å². The molecule has 5 aliphatic heterocycles. The Hall–Kier alpha value is -0.900. The fourth-order valence-corrected chi connectivity index (χ4v) is 14.4. The average Bonchev–Trinajstić information content (AvgIpc) is 3.69. The van der Waals surface area contributed by atoms with Gasteiger partial charge < -0.3 is 79.1 Å². The van der Waals surface area contributed by atoms with Crippen molar-refractivity contribution in [3.8, 4) is 0 Å².